The van der Waals surface area contributed by atoms with E-state index in [0.717, 1.165) is 24.9 Å². The summed E-state index contributed by atoms with van der Waals surface area (Å²) in [5.41, 5.74) is 1.40. The van der Waals surface area contributed by atoms with Gasteiger partial charge in [-0.15, -0.1) is 11.3 Å². The minimum Gasteiger partial charge on any atom is -0.312 e. The number of aromatic nitrogens is 1. The van der Waals surface area contributed by atoms with Gasteiger partial charge in [-0.3, -0.25) is 0 Å². The minimum absolute atomic E-state index is 0.566. The first kappa shape index (κ1) is 13.0. The molecule has 1 N–H and O–H groups in total. The summed E-state index contributed by atoms with van der Waals surface area (Å²) in [4.78, 5) is 6.33. The van der Waals surface area contributed by atoms with Crippen LogP contribution in [0.4, 0.5) is 0 Å². The average molecular weight is 252 g/mol. The largest absolute Gasteiger partial charge is 0.312 e. The first-order valence-corrected chi connectivity index (χ1v) is 7.59. The van der Waals surface area contributed by atoms with Crippen LogP contribution >= 0.6 is 11.3 Å². The summed E-state index contributed by atoms with van der Waals surface area (Å²) in [6.45, 7) is 11.1. The number of hydrogen-bond acceptors (Lipinski definition) is 3. The predicted octanol–water partition coefficient (Wildman–Crippen LogP) is 3.89. The molecule has 1 aromatic heterocycles. The highest BCUT2D eigenvalue weighted by Gasteiger charge is 2.29. The van der Waals surface area contributed by atoms with Gasteiger partial charge in [-0.2, -0.15) is 0 Å². The molecule has 0 atom stereocenters. The molecule has 0 unspecified atom stereocenters. The lowest BCUT2D eigenvalue weighted by Crippen LogP contribution is -2.18. The zero-order valence-corrected chi connectivity index (χ0v) is 12.2. The molecule has 0 aromatic carbocycles. The van der Waals surface area contributed by atoms with Gasteiger partial charge < -0.3 is 5.32 Å². The van der Waals surface area contributed by atoms with Gasteiger partial charge in [0.2, 0.25) is 0 Å². The lowest BCUT2D eigenvalue weighted by Gasteiger charge is -2.06. The molecule has 1 aromatic rings. The van der Waals surface area contributed by atoms with E-state index >= 15 is 0 Å². The topological polar surface area (TPSA) is 24.9 Å². The molecule has 0 amide bonds. The van der Waals surface area contributed by atoms with Gasteiger partial charge in [0.1, 0.15) is 0 Å². The van der Waals surface area contributed by atoms with Crippen LogP contribution in [0.2, 0.25) is 0 Å². The van der Waals surface area contributed by atoms with Crippen LogP contribution in [0.5, 0.6) is 0 Å². The van der Waals surface area contributed by atoms with Gasteiger partial charge >= 0.3 is 0 Å². The van der Waals surface area contributed by atoms with Gasteiger partial charge in [-0.1, -0.05) is 27.7 Å². The molecule has 0 radical (unpaired) electrons. The van der Waals surface area contributed by atoms with Gasteiger partial charge in [0.05, 0.1) is 10.7 Å². The highest BCUT2D eigenvalue weighted by Crippen LogP contribution is 2.43. The third-order valence-corrected chi connectivity index (χ3v) is 4.41. The van der Waals surface area contributed by atoms with Crippen molar-refractivity contribution in [2.75, 3.05) is 6.54 Å². The second-order valence-electron chi connectivity index (χ2n) is 5.81. The summed E-state index contributed by atoms with van der Waals surface area (Å²) in [5.74, 6) is 2.06. The van der Waals surface area contributed by atoms with Crippen LogP contribution in [-0.2, 0) is 6.54 Å². The summed E-state index contributed by atoms with van der Waals surface area (Å²) in [6, 6.07) is 0. The third kappa shape index (κ3) is 3.52. The third-order valence-electron chi connectivity index (χ3n) is 3.04. The van der Waals surface area contributed by atoms with Gasteiger partial charge in [-0.05, 0) is 25.3 Å². The van der Waals surface area contributed by atoms with Crippen LogP contribution < -0.4 is 5.32 Å². The molecule has 3 heteroatoms. The maximum Gasteiger partial charge on any atom is 0.0957 e. The first-order chi connectivity index (χ1) is 8.08. The van der Waals surface area contributed by atoms with E-state index in [4.69, 9.17) is 4.98 Å². The van der Waals surface area contributed by atoms with E-state index in [-0.39, 0.29) is 0 Å². The fourth-order valence-corrected chi connectivity index (χ4v) is 3.03. The summed E-state index contributed by atoms with van der Waals surface area (Å²) in [6.07, 6.45) is 2.69. The van der Waals surface area contributed by atoms with Crippen molar-refractivity contribution in [1.29, 1.82) is 0 Å². The second-order valence-corrected chi connectivity index (χ2v) is 6.93. The Morgan fingerprint density at radius 1 is 1.29 bits per heavy atom. The monoisotopic (exact) mass is 252 g/mol. The quantitative estimate of drug-likeness (QED) is 0.831. The molecule has 0 bridgehead atoms. The van der Waals surface area contributed by atoms with Crippen molar-refractivity contribution >= 4 is 11.3 Å². The molecule has 1 aliphatic carbocycles. The highest BCUT2D eigenvalue weighted by atomic mass is 32.1. The highest BCUT2D eigenvalue weighted by molar-refractivity contribution is 7.11. The summed E-state index contributed by atoms with van der Waals surface area (Å²) >= 11 is 1.91. The van der Waals surface area contributed by atoms with Crippen LogP contribution in [0.1, 0.15) is 68.0 Å². The minimum atomic E-state index is 0.566. The van der Waals surface area contributed by atoms with Gasteiger partial charge in [0.25, 0.3) is 0 Å². The Balaban J connectivity index is 2.03. The summed E-state index contributed by atoms with van der Waals surface area (Å²) in [5, 5.41) is 4.86. The Morgan fingerprint density at radius 3 is 2.53 bits per heavy atom. The Morgan fingerprint density at radius 2 is 2.00 bits per heavy atom. The molecule has 0 saturated heterocycles. The Labute approximate surface area is 109 Å². The molecule has 1 heterocycles. The number of rotatable bonds is 6. The smallest absolute Gasteiger partial charge is 0.0957 e. The van der Waals surface area contributed by atoms with Crippen LogP contribution in [0, 0.1) is 5.92 Å². The maximum absolute atomic E-state index is 4.85. The Hall–Kier alpha value is -0.410. The molecular weight excluding hydrogens is 228 g/mol. The SMILES string of the molecule is CC(C)CNCc1sc(C(C)C)nc1C1CC1. The predicted molar refractivity (Wildman–Crippen MR) is 74.7 cm³/mol. The zero-order chi connectivity index (χ0) is 12.4. The maximum atomic E-state index is 4.85. The van der Waals surface area contributed by atoms with Crippen molar-refractivity contribution in [3.8, 4) is 0 Å². The number of nitrogens with one attached hydrogen (secondary N) is 1. The Kier molecular flexibility index (Phi) is 4.21. The van der Waals surface area contributed by atoms with Gasteiger partial charge in [0.15, 0.2) is 0 Å². The summed E-state index contributed by atoms with van der Waals surface area (Å²) < 4.78 is 0. The molecule has 1 fully saturated rings. The molecule has 0 aliphatic heterocycles. The van der Waals surface area contributed by atoms with Crippen LogP contribution in [0.3, 0.4) is 0 Å². The normalized spacial score (nSPS) is 16.1. The van der Waals surface area contributed by atoms with Gasteiger partial charge in [-0.25, -0.2) is 4.98 Å². The lowest BCUT2D eigenvalue weighted by molar-refractivity contribution is 0.553. The van der Waals surface area contributed by atoms with Gasteiger partial charge in [0, 0.05) is 23.3 Å². The van der Waals surface area contributed by atoms with Crippen molar-refractivity contribution in [2.24, 2.45) is 5.92 Å². The van der Waals surface area contributed by atoms with Crippen LogP contribution in [0.15, 0.2) is 0 Å². The molecule has 1 saturated carbocycles. The van der Waals surface area contributed by atoms with E-state index in [1.54, 1.807) is 0 Å². The van der Waals surface area contributed by atoms with Crippen LogP contribution in [-0.4, -0.2) is 11.5 Å². The van der Waals surface area contributed by atoms with Crippen molar-refractivity contribution < 1.29 is 0 Å². The first-order valence-electron chi connectivity index (χ1n) is 6.78. The number of hydrogen-bond donors (Lipinski definition) is 1. The standard InChI is InChI=1S/C14H24N2S/c1-9(2)7-15-8-12-13(11-5-6-11)16-14(17-12)10(3)4/h9-11,15H,5-8H2,1-4H3. The van der Waals surface area contributed by atoms with E-state index in [2.05, 4.69) is 33.0 Å². The molecule has 2 nitrogen and oxygen atoms in total. The van der Waals surface area contributed by atoms with Crippen molar-refractivity contribution in [3.05, 3.63) is 15.6 Å². The lowest BCUT2D eigenvalue weighted by atomic mass is 10.2. The van der Waals surface area contributed by atoms with E-state index in [9.17, 15) is 0 Å². The van der Waals surface area contributed by atoms with Crippen molar-refractivity contribution in [2.45, 2.75) is 58.9 Å². The van der Waals surface area contributed by atoms with Crippen LogP contribution in [0.25, 0.3) is 0 Å². The van der Waals surface area contributed by atoms with E-state index < -0.39 is 0 Å². The fourth-order valence-electron chi connectivity index (χ4n) is 1.91. The average Bonchev–Trinajstić information content (AvgIpc) is 2.99. The molecule has 17 heavy (non-hydrogen) atoms. The molecular formula is C14H24N2S. The summed E-state index contributed by atoms with van der Waals surface area (Å²) in [7, 11) is 0. The number of thiazole rings is 1. The molecule has 2 rings (SSSR count). The van der Waals surface area contributed by atoms with Crippen molar-refractivity contribution in [3.63, 3.8) is 0 Å². The molecule has 1 aliphatic rings. The number of nitrogens with zero attached hydrogens (tertiary/aromatic N) is 1. The second kappa shape index (κ2) is 5.49. The fraction of sp³-hybridized carbons (Fsp3) is 0.786. The molecule has 96 valence electrons. The van der Waals surface area contributed by atoms with Crippen molar-refractivity contribution in [1.82, 2.24) is 10.3 Å². The Bertz CT molecular complexity index is 364. The zero-order valence-electron chi connectivity index (χ0n) is 11.4. The van der Waals surface area contributed by atoms with E-state index in [0.29, 0.717) is 5.92 Å². The van der Waals surface area contributed by atoms with E-state index in [1.165, 1.54) is 28.4 Å². The molecule has 0 spiro atoms. The van der Waals surface area contributed by atoms with E-state index in [1.807, 2.05) is 11.3 Å².